The predicted molar refractivity (Wildman–Crippen MR) is 116 cm³/mol. The minimum Gasteiger partial charge on any atom is -0.453 e. The minimum absolute atomic E-state index is 0.0656. The number of carbonyl (C=O) groups excluding carboxylic acids is 3. The third-order valence-corrected chi connectivity index (χ3v) is 4.57. The largest absolute Gasteiger partial charge is 0.453 e. The molecule has 1 heterocycles. The first-order valence-corrected chi connectivity index (χ1v) is 9.89. The van der Waals surface area contributed by atoms with Gasteiger partial charge in [0.25, 0.3) is 11.6 Å². The molecule has 1 aromatic heterocycles. The van der Waals surface area contributed by atoms with Crippen LogP contribution < -0.4 is 16.4 Å². The Labute approximate surface area is 186 Å². The van der Waals surface area contributed by atoms with Crippen LogP contribution in [0.1, 0.15) is 19.8 Å². The van der Waals surface area contributed by atoms with Gasteiger partial charge in [0.1, 0.15) is 0 Å². The molecule has 0 aliphatic heterocycles. The molecule has 0 saturated carbocycles. The molecule has 2 N–H and O–H groups in total. The fourth-order valence-electron chi connectivity index (χ4n) is 2.97. The second-order valence-corrected chi connectivity index (χ2v) is 6.97. The molecule has 3 aromatic rings. The van der Waals surface area contributed by atoms with Crippen LogP contribution in [-0.2, 0) is 20.9 Å². The Hall–Kier alpha value is -4.48. The van der Waals surface area contributed by atoms with Crippen LogP contribution >= 0.6 is 0 Å². The van der Waals surface area contributed by atoms with Gasteiger partial charge in [-0.1, -0.05) is 18.2 Å². The van der Waals surface area contributed by atoms with Gasteiger partial charge in [0, 0.05) is 24.7 Å². The van der Waals surface area contributed by atoms with Crippen LogP contribution in [0, 0.1) is 10.1 Å². The summed E-state index contributed by atoms with van der Waals surface area (Å²) in [5.41, 5.74) is 0.702. The molecule has 0 saturated heterocycles. The van der Waals surface area contributed by atoms with E-state index in [1.54, 1.807) is 30.3 Å². The molecule has 0 radical (unpaired) electrons. The normalized spacial score (nSPS) is 11.5. The molecule has 0 fully saturated rings. The Morgan fingerprint density at radius 2 is 1.91 bits per heavy atom. The standard InChI is InChI=1S/C21H20N4O8/c1-13(19(27)23-20(28)22-14-6-3-2-4-7-14)32-18(26)8-5-11-24-16-10-9-15(25(30)31)12-17(16)33-21(24)29/h2-4,6-7,9-10,12-13H,5,8,11H2,1H3,(H2,22,23,27,28). The summed E-state index contributed by atoms with van der Waals surface area (Å²) < 4.78 is 11.3. The van der Waals surface area contributed by atoms with E-state index in [1.165, 1.54) is 23.6 Å². The molecule has 0 spiro atoms. The second kappa shape index (κ2) is 10.2. The summed E-state index contributed by atoms with van der Waals surface area (Å²) in [6, 6.07) is 11.5. The highest BCUT2D eigenvalue weighted by molar-refractivity contribution is 6.02. The second-order valence-electron chi connectivity index (χ2n) is 6.97. The van der Waals surface area contributed by atoms with E-state index in [-0.39, 0.29) is 30.7 Å². The van der Waals surface area contributed by atoms with Crippen LogP contribution in [0.2, 0.25) is 0 Å². The highest BCUT2D eigenvalue weighted by Crippen LogP contribution is 2.20. The van der Waals surface area contributed by atoms with Crippen molar-refractivity contribution in [3.05, 3.63) is 69.2 Å². The van der Waals surface area contributed by atoms with Crippen LogP contribution in [0.15, 0.2) is 57.7 Å². The number of para-hydroxylation sites is 1. The third kappa shape index (κ3) is 6.03. The van der Waals surface area contributed by atoms with Gasteiger partial charge in [-0.15, -0.1) is 0 Å². The molecule has 12 nitrogen and oxygen atoms in total. The number of imide groups is 1. The number of nitro benzene ring substituents is 1. The average molecular weight is 456 g/mol. The summed E-state index contributed by atoms with van der Waals surface area (Å²) in [6.45, 7) is 1.42. The van der Waals surface area contributed by atoms with Crippen molar-refractivity contribution < 1.29 is 28.5 Å². The van der Waals surface area contributed by atoms with Crippen molar-refractivity contribution in [2.24, 2.45) is 0 Å². The fraction of sp³-hybridized carbons (Fsp3) is 0.238. The van der Waals surface area contributed by atoms with E-state index in [1.807, 2.05) is 0 Å². The summed E-state index contributed by atoms with van der Waals surface area (Å²) in [5.74, 6) is -2.20. The zero-order valence-electron chi connectivity index (χ0n) is 17.5. The average Bonchev–Trinajstić information content (AvgIpc) is 3.08. The van der Waals surface area contributed by atoms with Crippen LogP contribution in [0.3, 0.4) is 0 Å². The molecule has 3 amide bonds. The summed E-state index contributed by atoms with van der Waals surface area (Å²) in [6.07, 6.45) is -1.13. The highest BCUT2D eigenvalue weighted by Gasteiger charge is 2.20. The van der Waals surface area contributed by atoms with E-state index in [2.05, 4.69) is 10.6 Å². The van der Waals surface area contributed by atoms with Gasteiger partial charge in [-0.3, -0.25) is 29.6 Å². The number of nitro groups is 1. The quantitative estimate of drug-likeness (QED) is 0.297. The van der Waals surface area contributed by atoms with Gasteiger partial charge < -0.3 is 14.5 Å². The van der Waals surface area contributed by atoms with Crippen molar-refractivity contribution >= 4 is 40.4 Å². The van der Waals surface area contributed by atoms with Gasteiger partial charge in [-0.25, -0.2) is 9.59 Å². The number of carbonyl (C=O) groups is 3. The van der Waals surface area contributed by atoms with Crippen LogP contribution in [0.4, 0.5) is 16.2 Å². The van der Waals surface area contributed by atoms with Crippen molar-refractivity contribution in [3.63, 3.8) is 0 Å². The van der Waals surface area contributed by atoms with Crippen molar-refractivity contribution in [1.29, 1.82) is 0 Å². The highest BCUT2D eigenvalue weighted by atomic mass is 16.6. The first-order chi connectivity index (χ1) is 15.7. The lowest BCUT2D eigenvalue weighted by molar-refractivity contribution is -0.384. The molecule has 172 valence electrons. The summed E-state index contributed by atoms with van der Waals surface area (Å²) in [4.78, 5) is 58.2. The number of rotatable bonds is 8. The Morgan fingerprint density at radius 1 is 1.18 bits per heavy atom. The maximum Gasteiger partial charge on any atom is 0.419 e. The number of nitrogens with one attached hydrogen (secondary N) is 2. The number of aromatic nitrogens is 1. The topological polar surface area (TPSA) is 163 Å². The molecule has 0 aliphatic rings. The monoisotopic (exact) mass is 456 g/mol. The Bertz CT molecular complexity index is 1250. The number of nitrogens with zero attached hydrogens (tertiary/aromatic N) is 2. The lowest BCUT2D eigenvalue weighted by atomic mass is 10.2. The number of amides is 3. The number of benzene rings is 2. The van der Waals surface area contributed by atoms with Crippen LogP contribution in [-0.4, -0.2) is 33.5 Å². The Balaban J connectivity index is 1.47. The van der Waals surface area contributed by atoms with E-state index in [0.717, 1.165) is 6.07 Å². The number of urea groups is 1. The van der Waals surface area contributed by atoms with Crippen molar-refractivity contribution in [2.75, 3.05) is 5.32 Å². The number of oxazole rings is 1. The SMILES string of the molecule is CC(OC(=O)CCCn1c(=O)oc2cc([N+](=O)[O-])ccc21)C(=O)NC(=O)Nc1ccccc1. The zero-order chi connectivity index (χ0) is 24.0. The smallest absolute Gasteiger partial charge is 0.419 e. The van der Waals surface area contributed by atoms with Gasteiger partial charge in [0.2, 0.25) is 0 Å². The van der Waals surface area contributed by atoms with Gasteiger partial charge in [0.05, 0.1) is 16.5 Å². The van der Waals surface area contributed by atoms with Crippen LogP contribution in [0.5, 0.6) is 0 Å². The Kier molecular flexibility index (Phi) is 7.18. The van der Waals surface area contributed by atoms with Crippen LogP contribution in [0.25, 0.3) is 11.1 Å². The van der Waals surface area contributed by atoms with Gasteiger partial charge in [0.15, 0.2) is 11.7 Å². The molecule has 12 heteroatoms. The fourth-order valence-corrected chi connectivity index (χ4v) is 2.97. The lowest BCUT2D eigenvalue weighted by Gasteiger charge is -2.13. The molecule has 2 aromatic carbocycles. The maximum absolute atomic E-state index is 12.1. The molecule has 0 bridgehead atoms. The molecule has 33 heavy (non-hydrogen) atoms. The first-order valence-electron chi connectivity index (χ1n) is 9.89. The predicted octanol–water partition coefficient (Wildman–Crippen LogP) is 2.56. The number of hydrogen-bond acceptors (Lipinski definition) is 8. The number of hydrogen-bond donors (Lipinski definition) is 2. The summed E-state index contributed by atoms with van der Waals surface area (Å²) >= 11 is 0. The van der Waals surface area contributed by atoms with Crippen molar-refractivity contribution in [2.45, 2.75) is 32.4 Å². The first kappa shape index (κ1) is 23.2. The Morgan fingerprint density at radius 3 is 2.61 bits per heavy atom. The van der Waals surface area contributed by atoms with E-state index < -0.39 is 34.7 Å². The number of esters is 1. The third-order valence-electron chi connectivity index (χ3n) is 4.57. The van der Waals surface area contributed by atoms with E-state index >= 15 is 0 Å². The van der Waals surface area contributed by atoms with Crippen molar-refractivity contribution in [1.82, 2.24) is 9.88 Å². The summed E-state index contributed by atoms with van der Waals surface area (Å²) in [7, 11) is 0. The van der Waals surface area contributed by atoms with Crippen molar-refractivity contribution in [3.8, 4) is 0 Å². The minimum atomic E-state index is -1.21. The van der Waals surface area contributed by atoms with Gasteiger partial charge >= 0.3 is 17.8 Å². The number of anilines is 1. The molecule has 3 rings (SSSR count). The number of non-ortho nitro benzene ring substituents is 1. The van der Waals surface area contributed by atoms with Gasteiger partial charge in [-0.05, 0) is 31.5 Å². The van der Waals surface area contributed by atoms with E-state index in [0.29, 0.717) is 11.2 Å². The zero-order valence-corrected chi connectivity index (χ0v) is 17.5. The van der Waals surface area contributed by atoms with Gasteiger partial charge in [-0.2, -0.15) is 0 Å². The molecular weight excluding hydrogens is 436 g/mol. The molecule has 1 unspecified atom stereocenters. The molecular formula is C21H20N4O8. The number of ether oxygens (including phenoxy) is 1. The van der Waals surface area contributed by atoms with E-state index in [9.17, 15) is 29.3 Å². The number of aryl methyl sites for hydroxylation is 1. The maximum atomic E-state index is 12.1. The van der Waals surface area contributed by atoms with E-state index in [4.69, 9.17) is 9.15 Å². The molecule has 1 atom stereocenters. The summed E-state index contributed by atoms with van der Waals surface area (Å²) in [5, 5.41) is 15.4. The molecule has 0 aliphatic carbocycles. The number of fused-ring (bicyclic) bond motifs is 1. The lowest BCUT2D eigenvalue weighted by Crippen LogP contribution is -2.41.